The number of ether oxygens (including phenoxy) is 2. The van der Waals surface area contributed by atoms with Gasteiger partial charge in [-0.05, 0) is 32.3 Å². The number of likely N-dealkylation sites (tertiary alicyclic amines) is 1. The third kappa shape index (κ3) is 5.41. The number of carbonyl (C=O) groups is 1. The topological polar surface area (TPSA) is 51.7 Å². The van der Waals surface area contributed by atoms with E-state index in [0.717, 1.165) is 12.8 Å². The molecule has 0 spiro atoms. The summed E-state index contributed by atoms with van der Waals surface area (Å²) in [4.78, 5) is 18.2. The van der Waals surface area contributed by atoms with Crippen molar-refractivity contribution in [2.75, 3.05) is 13.1 Å². The SMILES string of the molecule is CC(C)c1ccc(OC2CCN(C(=O)OC(C)(C)C)CC2)nc1. The molecule has 1 amide bonds. The van der Waals surface area contributed by atoms with Gasteiger partial charge < -0.3 is 14.4 Å². The number of amides is 1. The van der Waals surface area contributed by atoms with Crippen LogP contribution < -0.4 is 4.74 Å². The van der Waals surface area contributed by atoms with Crippen molar-refractivity contribution in [1.29, 1.82) is 0 Å². The Hall–Kier alpha value is -1.78. The van der Waals surface area contributed by atoms with Crippen molar-refractivity contribution in [2.24, 2.45) is 0 Å². The van der Waals surface area contributed by atoms with Gasteiger partial charge >= 0.3 is 6.09 Å². The van der Waals surface area contributed by atoms with Gasteiger partial charge in [0.1, 0.15) is 11.7 Å². The van der Waals surface area contributed by atoms with Crippen LogP contribution in [-0.4, -0.2) is 40.8 Å². The van der Waals surface area contributed by atoms with Gasteiger partial charge in [-0.2, -0.15) is 0 Å². The summed E-state index contributed by atoms with van der Waals surface area (Å²) < 4.78 is 11.3. The van der Waals surface area contributed by atoms with Gasteiger partial charge in [0.25, 0.3) is 0 Å². The van der Waals surface area contributed by atoms with E-state index in [0.29, 0.717) is 24.9 Å². The highest BCUT2D eigenvalue weighted by Gasteiger charge is 2.27. The van der Waals surface area contributed by atoms with Crippen molar-refractivity contribution in [3.8, 4) is 5.88 Å². The molecule has 5 heteroatoms. The van der Waals surface area contributed by atoms with Gasteiger partial charge in [0.05, 0.1) is 0 Å². The Morgan fingerprint density at radius 3 is 2.39 bits per heavy atom. The smallest absolute Gasteiger partial charge is 0.410 e. The fourth-order valence-corrected chi connectivity index (χ4v) is 2.46. The maximum absolute atomic E-state index is 12.0. The third-order valence-electron chi connectivity index (χ3n) is 3.81. The molecule has 2 heterocycles. The summed E-state index contributed by atoms with van der Waals surface area (Å²) in [5.41, 5.74) is 0.754. The number of rotatable bonds is 3. The zero-order valence-corrected chi connectivity index (χ0v) is 14.8. The van der Waals surface area contributed by atoms with Gasteiger partial charge in [0.15, 0.2) is 0 Å². The second-order valence-corrected chi connectivity index (χ2v) is 7.37. The van der Waals surface area contributed by atoms with E-state index in [1.807, 2.05) is 33.0 Å². The van der Waals surface area contributed by atoms with Gasteiger partial charge in [0, 0.05) is 38.2 Å². The first-order valence-corrected chi connectivity index (χ1v) is 8.35. The van der Waals surface area contributed by atoms with Crippen molar-refractivity contribution < 1.29 is 14.3 Å². The molecular formula is C18H28N2O3. The fourth-order valence-electron chi connectivity index (χ4n) is 2.46. The van der Waals surface area contributed by atoms with Crippen molar-refractivity contribution in [3.05, 3.63) is 23.9 Å². The lowest BCUT2D eigenvalue weighted by Gasteiger charge is -2.33. The zero-order valence-electron chi connectivity index (χ0n) is 14.8. The molecule has 1 aliphatic rings. The summed E-state index contributed by atoms with van der Waals surface area (Å²) in [7, 11) is 0. The van der Waals surface area contributed by atoms with E-state index in [4.69, 9.17) is 9.47 Å². The van der Waals surface area contributed by atoms with Crippen LogP contribution in [-0.2, 0) is 4.74 Å². The summed E-state index contributed by atoms with van der Waals surface area (Å²) in [5, 5.41) is 0. The molecular weight excluding hydrogens is 292 g/mol. The van der Waals surface area contributed by atoms with Crippen LogP contribution in [0.4, 0.5) is 4.79 Å². The Morgan fingerprint density at radius 1 is 1.26 bits per heavy atom. The first-order chi connectivity index (χ1) is 10.7. The molecule has 23 heavy (non-hydrogen) atoms. The highest BCUT2D eigenvalue weighted by molar-refractivity contribution is 5.68. The predicted molar refractivity (Wildman–Crippen MR) is 89.8 cm³/mol. The summed E-state index contributed by atoms with van der Waals surface area (Å²) in [5.74, 6) is 1.12. The molecule has 2 rings (SSSR count). The number of hydrogen-bond acceptors (Lipinski definition) is 4. The van der Waals surface area contributed by atoms with Crippen molar-refractivity contribution in [3.63, 3.8) is 0 Å². The second-order valence-electron chi connectivity index (χ2n) is 7.37. The van der Waals surface area contributed by atoms with Gasteiger partial charge in [0.2, 0.25) is 5.88 Å². The van der Waals surface area contributed by atoms with Crippen LogP contribution in [0.15, 0.2) is 18.3 Å². The fraction of sp³-hybridized carbons (Fsp3) is 0.667. The molecule has 1 aromatic rings. The van der Waals surface area contributed by atoms with Crippen molar-refractivity contribution in [2.45, 2.75) is 65.1 Å². The van der Waals surface area contributed by atoms with E-state index in [1.54, 1.807) is 4.90 Å². The standard InChI is InChI=1S/C18H28N2O3/c1-13(2)14-6-7-16(19-12-14)22-15-8-10-20(11-9-15)17(21)23-18(3,4)5/h6-7,12-13,15H,8-11H2,1-5H3. The lowest BCUT2D eigenvalue weighted by Crippen LogP contribution is -2.44. The van der Waals surface area contributed by atoms with E-state index in [9.17, 15) is 4.79 Å². The summed E-state index contributed by atoms with van der Waals surface area (Å²) in [6.45, 7) is 11.2. The Bertz CT molecular complexity index is 512. The number of nitrogens with zero attached hydrogens (tertiary/aromatic N) is 2. The van der Waals surface area contributed by atoms with E-state index in [2.05, 4.69) is 24.9 Å². The molecule has 0 unspecified atom stereocenters. The molecule has 0 radical (unpaired) electrons. The maximum atomic E-state index is 12.0. The Morgan fingerprint density at radius 2 is 1.91 bits per heavy atom. The molecule has 0 saturated carbocycles. The lowest BCUT2D eigenvalue weighted by molar-refractivity contribution is 0.0123. The van der Waals surface area contributed by atoms with Gasteiger partial charge in [-0.3, -0.25) is 0 Å². The average Bonchev–Trinajstić information content (AvgIpc) is 2.46. The minimum Gasteiger partial charge on any atom is -0.474 e. The number of aromatic nitrogens is 1. The quantitative estimate of drug-likeness (QED) is 0.845. The number of piperidine rings is 1. The molecule has 1 aliphatic heterocycles. The predicted octanol–water partition coefficient (Wildman–Crippen LogP) is 3.98. The molecule has 0 N–H and O–H groups in total. The minimum absolute atomic E-state index is 0.103. The highest BCUT2D eigenvalue weighted by Crippen LogP contribution is 2.21. The first kappa shape index (κ1) is 17.6. The number of carbonyl (C=O) groups excluding carboxylic acids is 1. The number of pyridine rings is 1. The Kier molecular flexibility index (Phi) is 5.50. The van der Waals surface area contributed by atoms with Crippen LogP contribution in [0.3, 0.4) is 0 Å². The lowest BCUT2D eigenvalue weighted by atomic mass is 10.1. The van der Waals surface area contributed by atoms with E-state index < -0.39 is 5.60 Å². The normalized spacial score (nSPS) is 16.5. The minimum atomic E-state index is -0.452. The molecule has 1 saturated heterocycles. The molecule has 1 fully saturated rings. The van der Waals surface area contributed by atoms with E-state index >= 15 is 0 Å². The van der Waals surface area contributed by atoms with E-state index in [1.165, 1.54) is 5.56 Å². The van der Waals surface area contributed by atoms with Crippen molar-refractivity contribution >= 4 is 6.09 Å². The van der Waals surface area contributed by atoms with Crippen LogP contribution in [0.2, 0.25) is 0 Å². The van der Waals surface area contributed by atoms with Gasteiger partial charge in [-0.15, -0.1) is 0 Å². The van der Waals surface area contributed by atoms with E-state index in [-0.39, 0.29) is 12.2 Å². The third-order valence-corrected chi connectivity index (χ3v) is 3.81. The number of hydrogen-bond donors (Lipinski definition) is 0. The monoisotopic (exact) mass is 320 g/mol. The summed E-state index contributed by atoms with van der Waals surface area (Å²) in [6, 6.07) is 3.98. The molecule has 128 valence electrons. The largest absolute Gasteiger partial charge is 0.474 e. The summed E-state index contributed by atoms with van der Waals surface area (Å²) in [6.07, 6.45) is 3.33. The molecule has 0 aromatic carbocycles. The average molecular weight is 320 g/mol. The highest BCUT2D eigenvalue weighted by atomic mass is 16.6. The second kappa shape index (κ2) is 7.20. The van der Waals surface area contributed by atoms with Crippen LogP contribution >= 0.6 is 0 Å². The molecule has 5 nitrogen and oxygen atoms in total. The molecule has 0 bridgehead atoms. The van der Waals surface area contributed by atoms with Crippen LogP contribution in [0.25, 0.3) is 0 Å². The Labute approximate surface area is 139 Å². The molecule has 0 atom stereocenters. The van der Waals surface area contributed by atoms with Gasteiger partial charge in [-0.25, -0.2) is 9.78 Å². The Balaban J connectivity index is 1.81. The maximum Gasteiger partial charge on any atom is 0.410 e. The van der Waals surface area contributed by atoms with Crippen LogP contribution in [0.5, 0.6) is 5.88 Å². The molecule has 1 aromatic heterocycles. The summed E-state index contributed by atoms with van der Waals surface area (Å²) >= 11 is 0. The van der Waals surface area contributed by atoms with Crippen LogP contribution in [0.1, 0.15) is 58.9 Å². The van der Waals surface area contributed by atoms with Crippen LogP contribution in [0, 0.1) is 0 Å². The first-order valence-electron chi connectivity index (χ1n) is 8.35. The van der Waals surface area contributed by atoms with Crippen molar-refractivity contribution in [1.82, 2.24) is 9.88 Å². The van der Waals surface area contributed by atoms with Gasteiger partial charge in [-0.1, -0.05) is 19.9 Å². The molecule has 0 aliphatic carbocycles. The zero-order chi connectivity index (χ0) is 17.0.